The Bertz CT molecular complexity index is 831. The zero-order valence-corrected chi connectivity index (χ0v) is 17.7. The maximum Gasteiger partial charge on any atom is 0.315 e. The van der Waals surface area contributed by atoms with Crippen LogP contribution in [-0.4, -0.2) is 49.7 Å². The van der Waals surface area contributed by atoms with Gasteiger partial charge in [0, 0.05) is 42.7 Å². The molecule has 30 heavy (non-hydrogen) atoms. The summed E-state index contributed by atoms with van der Waals surface area (Å²) in [5.74, 6) is 0.284. The zero-order valence-electron chi connectivity index (χ0n) is 16.9. The van der Waals surface area contributed by atoms with Crippen LogP contribution in [0.4, 0.5) is 10.5 Å². The molecule has 8 heteroatoms. The molecule has 1 aliphatic heterocycles. The van der Waals surface area contributed by atoms with Gasteiger partial charge in [-0.3, -0.25) is 9.69 Å². The monoisotopic (exact) mass is 428 g/mol. The minimum absolute atomic E-state index is 0.0980. The summed E-state index contributed by atoms with van der Waals surface area (Å²) >= 11 is 1.71. The summed E-state index contributed by atoms with van der Waals surface area (Å²) in [5, 5.41) is 10.9. The lowest BCUT2D eigenvalue weighted by Crippen LogP contribution is -2.45. The Hall–Kier alpha value is -2.42. The van der Waals surface area contributed by atoms with Crippen molar-refractivity contribution in [1.82, 2.24) is 15.5 Å². The molecule has 7 nitrogen and oxygen atoms in total. The molecule has 1 aliphatic carbocycles. The molecule has 4 rings (SSSR count). The quantitative estimate of drug-likeness (QED) is 0.604. The van der Waals surface area contributed by atoms with Crippen molar-refractivity contribution >= 4 is 29.0 Å². The van der Waals surface area contributed by atoms with Gasteiger partial charge in [0.2, 0.25) is 5.91 Å². The van der Waals surface area contributed by atoms with E-state index in [-0.39, 0.29) is 23.9 Å². The Morgan fingerprint density at radius 2 is 1.87 bits per heavy atom. The molecule has 1 aromatic heterocycles. The molecule has 0 bridgehead atoms. The van der Waals surface area contributed by atoms with Crippen LogP contribution in [-0.2, 0) is 16.1 Å². The first-order chi connectivity index (χ1) is 14.7. The Kier molecular flexibility index (Phi) is 6.99. The number of hydrogen-bond donors (Lipinski definition) is 3. The molecule has 3 N–H and O–H groups in total. The SMILES string of the molecule is O=C(NCc1ccc(NC(=O)C2CC2)cc1)NCC(c1cccs1)N1CCOCC1. The molecule has 1 saturated carbocycles. The van der Waals surface area contributed by atoms with Crippen molar-refractivity contribution in [2.24, 2.45) is 5.92 Å². The Labute approximate surface area is 180 Å². The number of nitrogens with zero attached hydrogens (tertiary/aromatic N) is 1. The molecule has 1 atom stereocenters. The van der Waals surface area contributed by atoms with Gasteiger partial charge in [0.05, 0.1) is 19.3 Å². The number of carbonyl (C=O) groups is 2. The Morgan fingerprint density at radius 1 is 1.10 bits per heavy atom. The third-order valence-corrected chi connectivity index (χ3v) is 6.41. The first kappa shape index (κ1) is 20.8. The van der Waals surface area contributed by atoms with Gasteiger partial charge in [-0.2, -0.15) is 0 Å². The van der Waals surface area contributed by atoms with Crippen molar-refractivity contribution in [3.63, 3.8) is 0 Å². The number of thiophene rings is 1. The molecular weight excluding hydrogens is 400 g/mol. The summed E-state index contributed by atoms with van der Waals surface area (Å²) in [6.45, 7) is 4.18. The van der Waals surface area contributed by atoms with E-state index in [0.29, 0.717) is 13.1 Å². The van der Waals surface area contributed by atoms with Crippen LogP contribution < -0.4 is 16.0 Å². The zero-order chi connectivity index (χ0) is 20.8. The molecular formula is C22H28N4O3S. The number of urea groups is 1. The smallest absolute Gasteiger partial charge is 0.315 e. The predicted octanol–water partition coefficient (Wildman–Crippen LogP) is 2.97. The molecule has 2 heterocycles. The summed E-state index contributed by atoms with van der Waals surface area (Å²) < 4.78 is 5.46. The van der Waals surface area contributed by atoms with Gasteiger partial charge in [0.25, 0.3) is 0 Å². The molecule has 1 saturated heterocycles. The molecule has 2 aliphatic rings. The average Bonchev–Trinajstić information content (AvgIpc) is 3.50. The van der Waals surface area contributed by atoms with Gasteiger partial charge in [-0.25, -0.2) is 4.79 Å². The van der Waals surface area contributed by atoms with E-state index in [9.17, 15) is 9.59 Å². The van der Waals surface area contributed by atoms with Gasteiger partial charge in [-0.15, -0.1) is 11.3 Å². The number of ether oxygens (including phenoxy) is 1. The van der Waals surface area contributed by atoms with Gasteiger partial charge >= 0.3 is 6.03 Å². The fraction of sp³-hybridized carbons (Fsp3) is 0.455. The van der Waals surface area contributed by atoms with Crippen molar-refractivity contribution < 1.29 is 14.3 Å². The van der Waals surface area contributed by atoms with E-state index in [1.54, 1.807) is 11.3 Å². The van der Waals surface area contributed by atoms with Crippen molar-refractivity contribution in [2.45, 2.75) is 25.4 Å². The highest BCUT2D eigenvalue weighted by Gasteiger charge is 2.29. The van der Waals surface area contributed by atoms with Gasteiger partial charge in [0.1, 0.15) is 0 Å². The number of anilines is 1. The number of benzene rings is 1. The number of rotatable bonds is 8. The average molecular weight is 429 g/mol. The second-order valence-corrected chi connectivity index (χ2v) is 8.68. The predicted molar refractivity (Wildman–Crippen MR) is 117 cm³/mol. The van der Waals surface area contributed by atoms with Crippen LogP contribution in [0, 0.1) is 5.92 Å². The van der Waals surface area contributed by atoms with Crippen LogP contribution in [0.5, 0.6) is 0 Å². The third-order valence-electron chi connectivity index (χ3n) is 5.44. The van der Waals surface area contributed by atoms with Crippen LogP contribution in [0.25, 0.3) is 0 Å². The lowest BCUT2D eigenvalue weighted by molar-refractivity contribution is -0.117. The third kappa shape index (κ3) is 5.81. The Balaban J connectivity index is 1.24. The molecule has 1 unspecified atom stereocenters. The van der Waals surface area contributed by atoms with E-state index in [1.807, 2.05) is 30.3 Å². The second kappa shape index (κ2) is 10.1. The fourth-order valence-corrected chi connectivity index (χ4v) is 4.37. The molecule has 160 valence electrons. The highest BCUT2D eigenvalue weighted by molar-refractivity contribution is 7.10. The van der Waals surface area contributed by atoms with E-state index in [2.05, 4.69) is 32.3 Å². The van der Waals surface area contributed by atoms with Crippen molar-refractivity contribution in [3.8, 4) is 0 Å². The standard InChI is InChI=1S/C22H28N4O3S/c27-21(17-5-6-17)25-18-7-3-16(4-8-18)14-23-22(28)24-15-19(20-2-1-13-30-20)26-9-11-29-12-10-26/h1-4,7-8,13,17,19H,5-6,9-12,14-15H2,(H,25,27)(H2,23,24,28). The van der Waals surface area contributed by atoms with Crippen LogP contribution in [0.1, 0.15) is 29.3 Å². The first-order valence-corrected chi connectivity index (χ1v) is 11.3. The number of hydrogen-bond acceptors (Lipinski definition) is 5. The van der Waals surface area contributed by atoms with Crippen molar-refractivity contribution in [2.75, 3.05) is 38.2 Å². The Morgan fingerprint density at radius 3 is 2.53 bits per heavy atom. The van der Waals surface area contributed by atoms with Gasteiger partial charge in [-0.1, -0.05) is 18.2 Å². The number of nitrogens with one attached hydrogen (secondary N) is 3. The molecule has 2 aromatic rings. The fourth-order valence-electron chi connectivity index (χ4n) is 3.51. The second-order valence-electron chi connectivity index (χ2n) is 7.70. The largest absolute Gasteiger partial charge is 0.379 e. The molecule has 3 amide bonds. The van der Waals surface area contributed by atoms with Crippen LogP contribution >= 0.6 is 11.3 Å². The molecule has 0 radical (unpaired) electrons. The summed E-state index contributed by atoms with van der Waals surface area (Å²) in [7, 11) is 0. The van der Waals surface area contributed by atoms with Gasteiger partial charge in [0.15, 0.2) is 0 Å². The van der Waals surface area contributed by atoms with Crippen LogP contribution in [0.2, 0.25) is 0 Å². The van der Waals surface area contributed by atoms with E-state index in [4.69, 9.17) is 4.74 Å². The summed E-state index contributed by atoms with van der Waals surface area (Å²) in [5.41, 5.74) is 1.78. The maximum absolute atomic E-state index is 12.3. The number of carbonyl (C=O) groups excluding carboxylic acids is 2. The van der Waals surface area contributed by atoms with Crippen molar-refractivity contribution in [1.29, 1.82) is 0 Å². The van der Waals surface area contributed by atoms with Crippen LogP contribution in [0.15, 0.2) is 41.8 Å². The topological polar surface area (TPSA) is 82.7 Å². The highest BCUT2D eigenvalue weighted by atomic mass is 32.1. The number of morpholine rings is 1. The number of amides is 3. The molecule has 0 spiro atoms. The molecule has 1 aromatic carbocycles. The summed E-state index contributed by atoms with van der Waals surface area (Å²) in [4.78, 5) is 27.8. The normalized spacial score (nSPS) is 17.9. The summed E-state index contributed by atoms with van der Waals surface area (Å²) in [6, 6.07) is 11.7. The van der Waals surface area contributed by atoms with Crippen molar-refractivity contribution in [3.05, 3.63) is 52.2 Å². The minimum atomic E-state index is -0.184. The van der Waals surface area contributed by atoms with E-state index in [1.165, 1.54) is 4.88 Å². The maximum atomic E-state index is 12.3. The first-order valence-electron chi connectivity index (χ1n) is 10.5. The van der Waals surface area contributed by atoms with Gasteiger partial charge in [-0.05, 0) is 42.0 Å². The van der Waals surface area contributed by atoms with E-state index in [0.717, 1.165) is 50.4 Å². The van der Waals surface area contributed by atoms with E-state index < -0.39 is 0 Å². The lowest BCUT2D eigenvalue weighted by Gasteiger charge is -2.34. The van der Waals surface area contributed by atoms with Gasteiger partial charge < -0.3 is 20.7 Å². The van der Waals surface area contributed by atoms with Crippen LogP contribution in [0.3, 0.4) is 0 Å². The minimum Gasteiger partial charge on any atom is -0.379 e. The highest BCUT2D eigenvalue weighted by Crippen LogP contribution is 2.30. The van der Waals surface area contributed by atoms with E-state index >= 15 is 0 Å². The lowest BCUT2D eigenvalue weighted by atomic mass is 10.2. The molecule has 2 fully saturated rings. The summed E-state index contributed by atoms with van der Waals surface area (Å²) in [6.07, 6.45) is 1.98.